The number of likely N-dealkylation sites (tertiary alicyclic amines) is 1. The van der Waals surface area contributed by atoms with Crippen molar-refractivity contribution in [3.8, 4) is 0 Å². The van der Waals surface area contributed by atoms with Gasteiger partial charge in [-0.25, -0.2) is 9.97 Å². The quantitative estimate of drug-likeness (QED) is 0.561. The van der Waals surface area contributed by atoms with E-state index in [0.29, 0.717) is 32.0 Å². The first-order valence-corrected chi connectivity index (χ1v) is 11.3. The molecule has 1 aromatic carbocycles. The molecule has 176 valence electrons. The molecule has 0 bridgehead atoms. The zero-order valence-electron chi connectivity index (χ0n) is 18.9. The van der Waals surface area contributed by atoms with Crippen molar-refractivity contribution in [2.75, 3.05) is 46.4 Å². The Bertz CT molecular complexity index is 979. The number of ether oxygens (including phenoxy) is 1. The van der Waals surface area contributed by atoms with Gasteiger partial charge in [0, 0.05) is 52.1 Å². The van der Waals surface area contributed by atoms with E-state index in [2.05, 4.69) is 38.4 Å². The van der Waals surface area contributed by atoms with Crippen molar-refractivity contribution < 1.29 is 19.4 Å². The second kappa shape index (κ2) is 10.8. The minimum absolute atomic E-state index is 0.0103. The third-order valence-corrected chi connectivity index (χ3v) is 6.21. The average Bonchev–Trinajstić information content (AvgIpc) is 2.79. The van der Waals surface area contributed by atoms with Crippen LogP contribution in [-0.4, -0.2) is 89.2 Å². The number of amides is 2. The number of hydrogen-bond acceptors (Lipinski definition) is 7. The number of fused-ring (bicyclic) bond motifs is 1. The lowest BCUT2D eigenvalue weighted by Gasteiger charge is -2.39. The Morgan fingerprint density at radius 1 is 1.24 bits per heavy atom. The van der Waals surface area contributed by atoms with E-state index in [9.17, 15) is 14.7 Å². The Morgan fingerprint density at radius 2 is 2.03 bits per heavy atom. The molecule has 33 heavy (non-hydrogen) atoms. The van der Waals surface area contributed by atoms with E-state index >= 15 is 0 Å². The van der Waals surface area contributed by atoms with Crippen molar-refractivity contribution in [3.63, 3.8) is 0 Å². The number of hydrogen-bond donors (Lipinski definition) is 2. The van der Waals surface area contributed by atoms with E-state index in [1.165, 1.54) is 24.6 Å². The van der Waals surface area contributed by atoms with Crippen LogP contribution in [0.25, 0.3) is 0 Å². The third-order valence-electron chi connectivity index (χ3n) is 6.21. The molecule has 9 heteroatoms. The van der Waals surface area contributed by atoms with Crippen molar-refractivity contribution in [1.82, 2.24) is 25.1 Å². The molecule has 0 saturated carbocycles. The Labute approximate surface area is 193 Å². The number of β-amino-alcohol motifs (C(OH)–C–C–N with tert-alkyl or cyclic N) is 1. The van der Waals surface area contributed by atoms with Gasteiger partial charge >= 0.3 is 0 Å². The van der Waals surface area contributed by atoms with Gasteiger partial charge in [-0.1, -0.05) is 24.3 Å². The molecule has 2 aromatic rings. The zero-order chi connectivity index (χ0) is 23.2. The van der Waals surface area contributed by atoms with Gasteiger partial charge < -0.3 is 20.1 Å². The molecule has 1 atom stereocenters. The molecule has 3 heterocycles. The highest BCUT2D eigenvalue weighted by Gasteiger charge is 2.30. The summed E-state index contributed by atoms with van der Waals surface area (Å²) in [5.41, 5.74) is 3.72. The van der Waals surface area contributed by atoms with Crippen LogP contribution in [0.3, 0.4) is 0 Å². The van der Waals surface area contributed by atoms with Crippen LogP contribution in [0, 0.1) is 5.92 Å². The monoisotopic (exact) mass is 453 g/mol. The molecule has 0 aliphatic carbocycles. The van der Waals surface area contributed by atoms with Gasteiger partial charge in [-0.15, -0.1) is 0 Å². The number of nitrogens with zero attached hydrogens (tertiary/aromatic N) is 4. The molecule has 2 amide bonds. The lowest BCUT2D eigenvalue weighted by molar-refractivity contribution is -0.141. The molecule has 0 unspecified atom stereocenters. The number of aliphatic hydroxyl groups is 1. The lowest BCUT2D eigenvalue weighted by Crippen LogP contribution is -2.51. The fourth-order valence-electron chi connectivity index (χ4n) is 4.42. The number of rotatable bonds is 9. The highest BCUT2D eigenvalue weighted by Crippen LogP contribution is 2.20. The summed E-state index contributed by atoms with van der Waals surface area (Å²) in [6, 6.07) is 10.1. The predicted molar refractivity (Wildman–Crippen MR) is 121 cm³/mol. The first-order valence-electron chi connectivity index (χ1n) is 11.3. The molecule has 2 aliphatic rings. The van der Waals surface area contributed by atoms with Gasteiger partial charge in [0.05, 0.1) is 6.10 Å². The maximum absolute atomic E-state index is 12.5. The topological polar surface area (TPSA) is 108 Å². The van der Waals surface area contributed by atoms with Crippen LogP contribution >= 0.6 is 0 Å². The van der Waals surface area contributed by atoms with Gasteiger partial charge in [0.15, 0.2) is 0 Å². The summed E-state index contributed by atoms with van der Waals surface area (Å²) >= 11 is 0. The van der Waals surface area contributed by atoms with Crippen LogP contribution in [0.1, 0.15) is 27.3 Å². The number of benzene rings is 1. The number of carbonyl (C=O) groups excluding carboxylic acids is 2. The molecular formula is C24H31N5O4. The zero-order valence-corrected chi connectivity index (χ0v) is 18.9. The van der Waals surface area contributed by atoms with Gasteiger partial charge in [0.25, 0.3) is 5.91 Å². The standard InChI is InChI=1S/C24H31N5O4/c1-33-15-23(31)29-11-17(12-29)8-20-9-22(27-16-26-20)24(32)25-10-21(30)14-28-7-6-18-4-2-3-5-19(18)13-28/h2-5,9,16-17,21,30H,6-8,10-15H2,1H3,(H,25,32)/t21-/m0/s1. The molecule has 2 aliphatic heterocycles. The van der Waals surface area contributed by atoms with Crippen LogP contribution in [0.15, 0.2) is 36.7 Å². The van der Waals surface area contributed by atoms with Gasteiger partial charge in [-0.05, 0) is 36.0 Å². The average molecular weight is 454 g/mol. The lowest BCUT2D eigenvalue weighted by atomic mass is 9.94. The second-order valence-electron chi connectivity index (χ2n) is 8.81. The summed E-state index contributed by atoms with van der Waals surface area (Å²) in [6.07, 6.45) is 2.38. The number of aliphatic hydroxyl groups excluding tert-OH is 1. The first-order chi connectivity index (χ1) is 16.0. The van der Waals surface area contributed by atoms with Crippen LogP contribution in [-0.2, 0) is 28.9 Å². The normalized spacial score (nSPS) is 17.2. The van der Waals surface area contributed by atoms with Crippen molar-refractivity contribution in [1.29, 1.82) is 0 Å². The van der Waals surface area contributed by atoms with E-state index in [4.69, 9.17) is 4.74 Å². The van der Waals surface area contributed by atoms with E-state index in [1.807, 2.05) is 6.07 Å². The predicted octanol–water partition coefficient (Wildman–Crippen LogP) is 0.273. The number of methoxy groups -OCH3 is 1. The van der Waals surface area contributed by atoms with Crippen LogP contribution in [0.5, 0.6) is 0 Å². The summed E-state index contributed by atoms with van der Waals surface area (Å²) in [4.78, 5) is 36.6. The van der Waals surface area contributed by atoms with E-state index in [0.717, 1.165) is 25.2 Å². The van der Waals surface area contributed by atoms with E-state index in [1.54, 1.807) is 11.0 Å². The van der Waals surface area contributed by atoms with Crippen molar-refractivity contribution in [3.05, 3.63) is 59.2 Å². The minimum Gasteiger partial charge on any atom is -0.390 e. The SMILES string of the molecule is COCC(=O)N1CC(Cc2cc(C(=O)NC[C@H](O)CN3CCc4ccccc4C3)ncn2)C1. The van der Waals surface area contributed by atoms with E-state index < -0.39 is 6.10 Å². The molecule has 1 saturated heterocycles. The van der Waals surface area contributed by atoms with Gasteiger partial charge in [-0.3, -0.25) is 14.5 Å². The molecule has 1 aromatic heterocycles. The third kappa shape index (κ3) is 6.13. The maximum Gasteiger partial charge on any atom is 0.270 e. The number of carbonyl (C=O) groups is 2. The van der Waals surface area contributed by atoms with E-state index in [-0.39, 0.29) is 30.7 Å². The Kier molecular flexibility index (Phi) is 7.64. The van der Waals surface area contributed by atoms with Gasteiger partial charge in [0.2, 0.25) is 5.91 Å². The first kappa shape index (κ1) is 23.3. The number of nitrogens with one attached hydrogen (secondary N) is 1. The summed E-state index contributed by atoms with van der Waals surface area (Å²) in [6.45, 7) is 3.81. The van der Waals surface area contributed by atoms with Crippen molar-refractivity contribution in [2.45, 2.75) is 25.5 Å². The van der Waals surface area contributed by atoms with Crippen LogP contribution in [0.2, 0.25) is 0 Å². The van der Waals surface area contributed by atoms with Crippen molar-refractivity contribution >= 4 is 11.8 Å². The van der Waals surface area contributed by atoms with Gasteiger partial charge in [0.1, 0.15) is 18.6 Å². The molecule has 1 fully saturated rings. The van der Waals surface area contributed by atoms with Crippen molar-refractivity contribution in [2.24, 2.45) is 5.92 Å². The largest absolute Gasteiger partial charge is 0.390 e. The fraction of sp³-hybridized carbons (Fsp3) is 0.500. The Morgan fingerprint density at radius 3 is 2.82 bits per heavy atom. The Hall–Kier alpha value is -2.88. The highest BCUT2D eigenvalue weighted by molar-refractivity contribution is 5.92. The molecule has 0 spiro atoms. The molecule has 2 N–H and O–H groups in total. The summed E-state index contributed by atoms with van der Waals surface area (Å²) in [5.74, 6) is -0.0239. The fourth-order valence-corrected chi connectivity index (χ4v) is 4.42. The molecule has 9 nitrogen and oxygen atoms in total. The number of aromatic nitrogens is 2. The second-order valence-corrected chi connectivity index (χ2v) is 8.81. The van der Waals surface area contributed by atoms with Crippen LogP contribution in [0.4, 0.5) is 0 Å². The molecule has 0 radical (unpaired) electrons. The summed E-state index contributed by atoms with van der Waals surface area (Å²) in [5, 5.41) is 13.2. The minimum atomic E-state index is -0.661. The molecule has 4 rings (SSSR count). The van der Waals surface area contributed by atoms with Crippen LogP contribution < -0.4 is 5.32 Å². The smallest absolute Gasteiger partial charge is 0.270 e. The summed E-state index contributed by atoms with van der Waals surface area (Å²) < 4.78 is 4.88. The molecular weight excluding hydrogens is 422 g/mol. The Balaban J connectivity index is 1.21. The summed E-state index contributed by atoms with van der Waals surface area (Å²) in [7, 11) is 1.51. The van der Waals surface area contributed by atoms with Gasteiger partial charge in [-0.2, -0.15) is 0 Å². The highest BCUT2D eigenvalue weighted by atomic mass is 16.5. The maximum atomic E-state index is 12.5.